The van der Waals surface area contributed by atoms with E-state index in [1.165, 1.54) is 0 Å². The molecule has 1 aromatic heterocycles. The third-order valence-corrected chi connectivity index (χ3v) is 7.53. The van der Waals surface area contributed by atoms with Gasteiger partial charge in [0.15, 0.2) is 0 Å². The lowest BCUT2D eigenvalue weighted by Crippen LogP contribution is -2.39. The van der Waals surface area contributed by atoms with Gasteiger partial charge in [0.25, 0.3) is 30.7 Å². The van der Waals surface area contributed by atoms with Gasteiger partial charge in [0.05, 0.1) is 16.8 Å². The van der Waals surface area contributed by atoms with E-state index < -0.39 is 59.3 Å². The fraction of sp³-hybridized carbons (Fsp3) is 0.500. The van der Waals surface area contributed by atoms with Crippen molar-refractivity contribution in [2.75, 3.05) is 18.4 Å². The minimum Gasteiger partial charge on any atom is -0.381 e. The van der Waals surface area contributed by atoms with Crippen molar-refractivity contribution in [3.05, 3.63) is 63.3 Å². The summed E-state index contributed by atoms with van der Waals surface area (Å²) in [6, 6.07) is 1.12. The first-order chi connectivity index (χ1) is 17.5. The number of piperidine rings is 1. The van der Waals surface area contributed by atoms with E-state index in [4.69, 9.17) is 0 Å². The topological polar surface area (TPSA) is 75.2 Å². The molecule has 0 radical (unpaired) electrons. The molecule has 4 atom stereocenters. The van der Waals surface area contributed by atoms with Gasteiger partial charge in [-0.25, -0.2) is 30.7 Å². The Bertz CT molecular complexity index is 1250. The maximum Gasteiger partial charge on any atom is 0.266 e. The van der Waals surface area contributed by atoms with Crippen LogP contribution < -0.4 is 21.5 Å². The molecule has 2 aliphatic carbocycles. The fourth-order valence-electron chi connectivity index (χ4n) is 5.16. The van der Waals surface area contributed by atoms with Crippen LogP contribution in [0.2, 0.25) is 0 Å². The molecule has 200 valence electrons. The number of rotatable bonds is 9. The number of hydrogen-bond acceptors (Lipinski definition) is 4. The van der Waals surface area contributed by atoms with Gasteiger partial charge in [-0.15, -0.1) is 0 Å². The van der Waals surface area contributed by atoms with E-state index in [0.29, 0.717) is 13.1 Å². The average Bonchev–Trinajstić information content (AvgIpc) is 3.71. The summed E-state index contributed by atoms with van der Waals surface area (Å²) < 4.78 is 97.0. The summed E-state index contributed by atoms with van der Waals surface area (Å²) in [5.74, 6) is -2.35. The van der Waals surface area contributed by atoms with Gasteiger partial charge in [0.1, 0.15) is 17.4 Å². The van der Waals surface area contributed by atoms with E-state index in [1.807, 2.05) is 5.32 Å². The zero-order valence-corrected chi connectivity index (χ0v) is 19.2. The van der Waals surface area contributed by atoms with Crippen molar-refractivity contribution in [3.8, 4) is 0 Å². The summed E-state index contributed by atoms with van der Waals surface area (Å²) in [7, 11) is 0. The van der Waals surface area contributed by atoms with Gasteiger partial charge in [-0.3, -0.25) is 9.59 Å². The van der Waals surface area contributed by atoms with Crippen LogP contribution in [-0.2, 0) is 5.54 Å². The zero-order valence-electron chi connectivity index (χ0n) is 19.2. The van der Waals surface area contributed by atoms with E-state index >= 15 is 0 Å². The number of hydrogen-bond donors (Lipinski definition) is 3. The number of nitrogens with one attached hydrogen (secondary N) is 3. The van der Waals surface area contributed by atoms with Crippen LogP contribution in [0, 0.1) is 17.7 Å². The molecule has 2 aromatic rings. The number of fused-ring (bicyclic) bond motifs is 1. The summed E-state index contributed by atoms with van der Waals surface area (Å²) in [5.41, 5.74) is -4.93. The third kappa shape index (κ3) is 4.47. The van der Waals surface area contributed by atoms with Crippen molar-refractivity contribution in [2.24, 2.45) is 11.8 Å². The lowest BCUT2D eigenvalue weighted by Gasteiger charge is -2.23. The molecule has 37 heavy (non-hydrogen) atoms. The maximum absolute atomic E-state index is 14.6. The molecular formula is C24H23F7N4O2. The molecule has 2 heterocycles. The Balaban J connectivity index is 1.51. The van der Waals surface area contributed by atoms with E-state index in [1.54, 1.807) is 0 Å². The summed E-state index contributed by atoms with van der Waals surface area (Å²) >= 11 is 0. The van der Waals surface area contributed by atoms with Gasteiger partial charge >= 0.3 is 0 Å². The third-order valence-electron chi connectivity index (χ3n) is 7.53. The van der Waals surface area contributed by atoms with E-state index in [0.717, 1.165) is 35.0 Å². The SMILES string of the molecule is O=C(NC(c1cccc(C(F)F)c1F)C(F)F)c1cn(C2(C(F)F)CC2)c(=O)cc1N[C@@H]1[C@@H]2CNC[C@@H]21. The van der Waals surface area contributed by atoms with Crippen molar-refractivity contribution in [1.82, 2.24) is 15.2 Å². The molecule has 2 saturated carbocycles. The molecule has 3 fully saturated rings. The smallest absolute Gasteiger partial charge is 0.266 e. The van der Waals surface area contributed by atoms with Crippen LogP contribution >= 0.6 is 0 Å². The second-order valence-corrected chi connectivity index (χ2v) is 9.71. The molecule has 1 unspecified atom stereocenters. The minimum atomic E-state index is -3.39. The molecule has 13 heteroatoms. The first kappa shape index (κ1) is 25.6. The zero-order chi connectivity index (χ0) is 26.6. The van der Waals surface area contributed by atoms with Gasteiger partial charge in [-0.1, -0.05) is 18.2 Å². The number of aromatic nitrogens is 1. The number of halogens is 7. The van der Waals surface area contributed by atoms with Crippen LogP contribution in [0.1, 0.15) is 46.8 Å². The van der Waals surface area contributed by atoms with Crippen LogP contribution in [0.25, 0.3) is 0 Å². The second-order valence-electron chi connectivity index (χ2n) is 9.71. The summed E-state index contributed by atoms with van der Waals surface area (Å²) in [6.07, 6.45) is -8.69. The Kier molecular flexibility index (Phi) is 6.45. The predicted octanol–water partition coefficient (Wildman–Crippen LogP) is 4.05. The number of anilines is 1. The monoisotopic (exact) mass is 532 g/mol. The largest absolute Gasteiger partial charge is 0.381 e. The highest BCUT2D eigenvalue weighted by atomic mass is 19.3. The summed E-state index contributed by atoms with van der Waals surface area (Å²) in [4.78, 5) is 26.0. The Morgan fingerprint density at radius 2 is 1.70 bits per heavy atom. The number of amides is 1. The lowest BCUT2D eigenvalue weighted by atomic mass is 10.0. The molecule has 1 aromatic carbocycles. The van der Waals surface area contributed by atoms with Crippen molar-refractivity contribution in [3.63, 3.8) is 0 Å². The van der Waals surface area contributed by atoms with Crippen molar-refractivity contribution in [2.45, 2.75) is 49.7 Å². The van der Waals surface area contributed by atoms with Crippen molar-refractivity contribution in [1.29, 1.82) is 0 Å². The maximum atomic E-state index is 14.6. The number of carbonyl (C=O) groups excluding carboxylic acids is 1. The number of carbonyl (C=O) groups is 1. The quantitative estimate of drug-likeness (QED) is 0.427. The predicted molar refractivity (Wildman–Crippen MR) is 119 cm³/mol. The average molecular weight is 532 g/mol. The molecule has 3 N–H and O–H groups in total. The molecule has 1 aliphatic heterocycles. The number of alkyl halides is 6. The fourth-order valence-corrected chi connectivity index (χ4v) is 5.16. The standard InChI is InChI=1S/C24H23F7N4O2/c25-17-10(2-1-3-11(17)20(26)27)19(21(28)29)34-22(37)14-9-35(24(4-5-24)23(30)31)16(36)6-15(14)33-18-12-7-32-8-13(12)18/h1-3,6,9,12-13,18-21,23,32-33H,4-5,7-8H2,(H,34,37)/t12-,13+,18-,19?. The normalized spacial score (nSPS) is 24.3. The van der Waals surface area contributed by atoms with Crippen LogP contribution in [0.5, 0.6) is 0 Å². The highest BCUT2D eigenvalue weighted by Crippen LogP contribution is 2.48. The molecule has 5 rings (SSSR count). The van der Waals surface area contributed by atoms with Gasteiger partial charge in [-0.2, -0.15) is 0 Å². The number of pyridine rings is 1. The Labute approximate surface area is 206 Å². The van der Waals surface area contributed by atoms with Gasteiger partial charge in [-0.05, 0) is 24.7 Å². The summed E-state index contributed by atoms with van der Waals surface area (Å²) in [6.45, 7) is 1.39. The van der Waals surface area contributed by atoms with E-state index in [9.17, 15) is 40.3 Å². The summed E-state index contributed by atoms with van der Waals surface area (Å²) in [5, 5.41) is 8.18. The highest BCUT2D eigenvalue weighted by molar-refractivity contribution is 5.99. The Hall–Kier alpha value is -3.09. The Morgan fingerprint density at radius 1 is 1.05 bits per heavy atom. The van der Waals surface area contributed by atoms with Gasteiger partial charge in [0, 0.05) is 37.0 Å². The lowest BCUT2D eigenvalue weighted by molar-refractivity contribution is 0.0643. The second kappa shape index (κ2) is 9.34. The van der Waals surface area contributed by atoms with Crippen LogP contribution in [0.3, 0.4) is 0 Å². The van der Waals surface area contributed by atoms with E-state index in [2.05, 4.69) is 10.6 Å². The molecule has 3 aliphatic rings. The molecule has 1 amide bonds. The van der Waals surface area contributed by atoms with Crippen molar-refractivity contribution < 1.29 is 35.5 Å². The molecular weight excluding hydrogens is 509 g/mol. The number of benzene rings is 1. The van der Waals surface area contributed by atoms with Crippen LogP contribution in [0.15, 0.2) is 35.3 Å². The van der Waals surface area contributed by atoms with Crippen molar-refractivity contribution >= 4 is 11.6 Å². The first-order valence-electron chi connectivity index (χ1n) is 11.7. The Morgan fingerprint density at radius 3 is 2.27 bits per heavy atom. The molecule has 1 saturated heterocycles. The molecule has 0 spiro atoms. The van der Waals surface area contributed by atoms with Crippen LogP contribution in [-0.4, -0.2) is 42.5 Å². The van der Waals surface area contributed by atoms with Gasteiger partial charge < -0.3 is 20.5 Å². The number of nitrogens with zero attached hydrogens (tertiary/aromatic N) is 1. The van der Waals surface area contributed by atoms with E-state index in [-0.39, 0.29) is 42.0 Å². The minimum absolute atomic E-state index is 0.0118. The highest BCUT2D eigenvalue weighted by Gasteiger charge is 2.55. The molecule has 6 nitrogen and oxygen atoms in total. The van der Waals surface area contributed by atoms with Crippen LogP contribution in [0.4, 0.5) is 36.4 Å². The van der Waals surface area contributed by atoms with Gasteiger partial charge in [0.2, 0.25) is 0 Å². The molecule has 0 bridgehead atoms. The first-order valence-corrected chi connectivity index (χ1v) is 11.7.